The molecule has 3 aromatic rings. The van der Waals surface area contributed by atoms with Crippen LogP contribution in [0.5, 0.6) is 28.7 Å². The van der Waals surface area contributed by atoms with Crippen LogP contribution in [0.15, 0.2) is 40.8 Å². The van der Waals surface area contributed by atoms with E-state index in [4.69, 9.17) is 9.15 Å². The summed E-state index contributed by atoms with van der Waals surface area (Å²) in [6, 6.07) is 8.28. The minimum atomic E-state index is -0.205. The van der Waals surface area contributed by atoms with Crippen molar-refractivity contribution in [3.63, 3.8) is 0 Å². The number of benzene rings is 2. The highest BCUT2D eigenvalue weighted by molar-refractivity contribution is 5.88. The van der Waals surface area contributed by atoms with Crippen molar-refractivity contribution in [2.45, 2.75) is 0 Å². The lowest BCUT2D eigenvalue weighted by Gasteiger charge is -2.04. The first-order valence-corrected chi connectivity index (χ1v) is 6.39. The van der Waals surface area contributed by atoms with E-state index in [1.807, 2.05) is 0 Å². The summed E-state index contributed by atoms with van der Waals surface area (Å²) >= 11 is 0. The first-order valence-electron chi connectivity index (χ1n) is 6.39. The fourth-order valence-corrected chi connectivity index (χ4v) is 2.22. The van der Waals surface area contributed by atoms with E-state index < -0.39 is 0 Å². The van der Waals surface area contributed by atoms with Crippen LogP contribution in [-0.2, 0) is 0 Å². The molecule has 2 aromatic carbocycles. The molecule has 0 radical (unpaired) electrons. The largest absolute Gasteiger partial charge is 1.00 e. The number of ether oxygens (including phenoxy) is 1. The molecule has 7 heteroatoms. The third kappa shape index (κ3) is 2.95. The van der Waals surface area contributed by atoms with E-state index in [0.717, 1.165) is 6.07 Å². The van der Waals surface area contributed by atoms with Gasteiger partial charge in [-0.2, -0.15) is 0 Å². The zero-order valence-electron chi connectivity index (χ0n) is 11.9. The highest BCUT2D eigenvalue weighted by Gasteiger charge is 2.24. The standard InChI is InChI=1S/C16H12O6.BrH/c1-21-15-4-8(2-3-11(15)18)16-13(20)7-10-12(19)5-9(17)6-14(10)22-16;/h2-7H,1H3,(H3-,17,18,19,20);1H. The SMILES string of the molecule is COc1cc(-c2[o+]c3cc(O)cc(O)c3cc2O)ccc1O.[Br-]. The van der Waals surface area contributed by atoms with Gasteiger partial charge in [0.2, 0.25) is 5.75 Å². The Morgan fingerprint density at radius 3 is 2.30 bits per heavy atom. The number of halogens is 1. The Morgan fingerprint density at radius 1 is 0.870 bits per heavy atom. The lowest BCUT2D eigenvalue weighted by molar-refractivity contribution is -0.00000907. The van der Waals surface area contributed by atoms with Gasteiger partial charge in [-0.05, 0) is 12.1 Å². The van der Waals surface area contributed by atoms with E-state index >= 15 is 0 Å². The van der Waals surface area contributed by atoms with Crippen molar-refractivity contribution in [1.29, 1.82) is 0 Å². The third-order valence-corrected chi connectivity index (χ3v) is 3.27. The summed E-state index contributed by atoms with van der Waals surface area (Å²) in [7, 11) is 1.41. The first-order chi connectivity index (χ1) is 10.5. The Morgan fingerprint density at radius 2 is 1.61 bits per heavy atom. The van der Waals surface area contributed by atoms with Gasteiger partial charge in [-0.25, -0.2) is 4.42 Å². The maximum absolute atomic E-state index is 10.1. The van der Waals surface area contributed by atoms with Gasteiger partial charge < -0.3 is 42.1 Å². The molecule has 0 spiro atoms. The maximum atomic E-state index is 10.1. The summed E-state index contributed by atoms with van der Waals surface area (Å²) in [5, 5.41) is 39.3. The van der Waals surface area contributed by atoms with Crippen molar-refractivity contribution in [3.8, 4) is 40.1 Å². The van der Waals surface area contributed by atoms with Gasteiger partial charge in [-0.3, -0.25) is 0 Å². The Labute approximate surface area is 141 Å². The van der Waals surface area contributed by atoms with Crippen molar-refractivity contribution < 1.29 is 46.6 Å². The van der Waals surface area contributed by atoms with Crippen molar-refractivity contribution in [3.05, 3.63) is 36.4 Å². The monoisotopic (exact) mass is 380 g/mol. The number of aromatic hydroxyl groups is 4. The second kappa shape index (κ2) is 6.21. The van der Waals surface area contributed by atoms with Gasteiger partial charge in [0.25, 0.3) is 0 Å². The molecule has 0 unspecified atom stereocenters. The summed E-state index contributed by atoms with van der Waals surface area (Å²) in [4.78, 5) is 0. The molecule has 120 valence electrons. The number of phenols is 3. The second-order valence-electron chi connectivity index (χ2n) is 4.72. The zero-order chi connectivity index (χ0) is 15.9. The summed E-state index contributed by atoms with van der Waals surface area (Å²) in [5.74, 6) is -0.248. The van der Waals surface area contributed by atoms with E-state index in [9.17, 15) is 20.4 Å². The molecule has 1 aromatic heterocycles. The first kappa shape index (κ1) is 16.7. The van der Waals surface area contributed by atoms with E-state index in [1.165, 1.54) is 31.4 Å². The fourth-order valence-electron chi connectivity index (χ4n) is 2.22. The molecule has 1 heterocycles. The Hall–Kier alpha value is -2.67. The molecule has 6 nitrogen and oxygen atoms in total. The Balaban J connectivity index is 0.00000192. The van der Waals surface area contributed by atoms with E-state index in [0.29, 0.717) is 5.56 Å². The number of phenolic OH excluding ortho intramolecular Hbond substituents is 3. The molecular weight excluding hydrogens is 368 g/mol. The molecule has 0 aliphatic rings. The average molecular weight is 381 g/mol. The highest BCUT2D eigenvalue weighted by atomic mass is 79.9. The molecule has 3 rings (SSSR count). The van der Waals surface area contributed by atoms with Crippen molar-refractivity contribution in [2.24, 2.45) is 0 Å². The van der Waals surface area contributed by atoms with Gasteiger partial charge in [0.1, 0.15) is 16.9 Å². The summed E-state index contributed by atoms with van der Waals surface area (Å²) in [6.45, 7) is 0. The van der Waals surface area contributed by atoms with Crippen LogP contribution in [0, 0.1) is 0 Å². The van der Waals surface area contributed by atoms with Crippen LogP contribution in [0.4, 0.5) is 0 Å². The smallest absolute Gasteiger partial charge is 0.402 e. The number of methoxy groups -OCH3 is 1. The minimum absolute atomic E-state index is 0. The van der Waals surface area contributed by atoms with Crippen LogP contribution in [0.1, 0.15) is 0 Å². The van der Waals surface area contributed by atoms with Crippen LogP contribution in [-0.4, -0.2) is 27.5 Å². The molecule has 0 atom stereocenters. The van der Waals surface area contributed by atoms with Gasteiger partial charge in [-0.15, -0.1) is 0 Å². The Bertz CT molecular complexity index is 878. The lowest BCUT2D eigenvalue weighted by Crippen LogP contribution is -3.00. The van der Waals surface area contributed by atoms with Gasteiger partial charge in [0.15, 0.2) is 11.5 Å². The number of hydrogen-bond donors (Lipinski definition) is 4. The summed E-state index contributed by atoms with van der Waals surface area (Å²) < 4.78 is 10.6. The zero-order valence-corrected chi connectivity index (χ0v) is 13.5. The molecule has 0 aliphatic heterocycles. The fraction of sp³-hybridized carbons (Fsp3) is 0.0625. The normalized spacial score (nSPS) is 10.3. The van der Waals surface area contributed by atoms with Crippen molar-refractivity contribution in [2.75, 3.05) is 7.11 Å². The molecule has 4 N–H and O–H groups in total. The number of fused-ring (bicyclic) bond motifs is 1. The molecule has 23 heavy (non-hydrogen) atoms. The van der Waals surface area contributed by atoms with Crippen LogP contribution in [0.25, 0.3) is 22.3 Å². The second-order valence-corrected chi connectivity index (χ2v) is 4.72. The Kier molecular flexibility index (Phi) is 4.51. The molecule has 0 saturated carbocycles. The van der Waals surface area contributed by atoms with Crippen LogP contribution < -0.4 is 21.7 Å². The molecule has 0 aliphatic carbocycles. The highest BCUT2D eigenvalue weighted by Crippen LogP contribution is 2.40. The molecular formula is C16H13BrO6. The van der Waals surface area contributed by atoms with Gasteiger partial charge >= 0.3 is 11.3 Å². The van der Waals surface area contributed by atoms with Crippen LogP contribution in [0.2, 0.25) is 0 Å². The predicted molar refractivity (Wildman–Crippen MR) is 79.3 cm³/mol. The van der Waals surface area contributed by atoms with Crippen LogP contribution in [0.3, 0.4) is 0 Å². The summed E-state index contributed by atoms with van der Waals surface area (Å²) in [6.07, 6.45) is 0. The van der Waals surface area contributed by atoms with Crippen LogP contribution >= 0.6 is 0 Å². The summed E-state index contributed by atoms with van der Waals surface area (Å²) in [5.41, 5.74) is 0.675. The van der Waals surface area contributed by atoms with E-state index in [-0.39, 0.29) is 62.5 Å². The van der Waals surface area contributed by atoms with E-state index in [1.54, 1.807) is 6.07 Å². The van der Waals surface area contributed by atoms with Gasteiger partial charge in [0, 0.05) is 18.2 Å². The minimum Gasteiger partial charge on any atom is -1.00 e. The topological polar surface area (TPSA) is 101 Å². The molecule has 0 saturated heterocycles. The van der Waals surface area contributed by atoms with Crippen molar-refractivity contribution in [1.82, 2.24) is 0 Å². The predicted octanol–water partition coefficient (Wildman–Crippen LogP) is 0.216. The quantitative estimate of drug-likeness (QED) is 0.474. The molecule has 0 bridgehead atoms. The third-order valence-electron chi connectivity index (χ3n) is 3.27. The van der Waals surface area contributed by atoms with Gasteiger partial charge in [0.05, 0.1) is 18.7 Å². The van der Waals surface area contributed by atoms with Gasteiger partial charge in [-0.1, -0.05) is 0 Å². The number of rotatable bonds is 2. The number of hydrogen-bond acceptors (Lipinski definition) is 5. The lowest BCUT2D eigenvalue weighted by atomic mass is 10.1. The average Bonchev–Trinajstić information content (AvgIpc) is 2.48. The molecule has 0 fully saturated rings. The molecule has 0 amide bonds. The maximum Gasteiger partial charge on any atom is 0.402 e. The van der Waals surface area contributed by atoms with Crippen molar-refractivity contribution >= 4 is 11.0 Å². The van der Waals surface area contributed by atoms with E-state index in [2.05, 4.69) is 0 Å².